The first-order valence-corrected chi connectivity index (χ1v) is 5.39. The number of halogens is 1. The van der Waals surface area contributed by atoms with Gasteiger partial charge in [0.05, 0.1) is 18.8 Å². The summed E-state index contributed by atoms with van der Waals surface area (Å²) in [4.78, 5) is 8.44. The Bertz CT molecular complexity index is 435. The van der Waals surface area contributed by atoms with Crippen molar-refractivity contribution >= 4 is 15.9 Å². The lowest BCUT2D eigenvalue weighted by Gasteiger charge is -2.05. The van der Waals surface area contributed by atoms with Gasteiger partial charge in [-0.1, -0.05) is 0 Å². The maximum Gasteiger partial charge on any atom is 0.122 e. The van der Waals surface area contributed by atoms with Crippen molar-refractivity contribution in [3.05, 3.63) is 46.7 Å². The highest BCUT2D eigenvalue weighted by atomic mass is 79.9. The molecule has 0 radical (unpaired) electrons. The number of hydrogen-bond donors (Lipinski definition) is 1. The van der Waals surface area contributed by atoms with Crippen molar-refractivity contribution in [2.24, 2.45) is 5.73 Å². The Hall–Kier alpha value is -1.20. The predicted molar refractivity (Wildman–Crippen MR) is 61.2 cm³/mol. The molecule has 0 fully saturated rings. The number of aromatic nitrogens is 3. The van der Waals surface area contributed by atoms with Crippen LogP contribution >= 0.6 is 15.9 Å². The fourth-order valence-corrected chi connectivity index (χ4v) is 1.58. The fourth-order valence-electron chi connectivity index (χ4n) is 1.35. The van der Waals surface area contributed by atoms with Gasteiger partial charge in [0.1, 0.15) is 5.82 Å². The van der Waals surface area contributed by atoms with Gasteiger partial charge in [-0.3, -0.25) is 4.98 Å². The van der Waals surface area contributed by atoms with Crippen LogP contribution in [0.15, 0.2) is 35.2 Å². The van der Waals surface area contributed by atoms with E-state index in [0.717, 1.165) is 16.0 Å². The van der Waals surface area contributed by atoms with Gasteiger partial charge < -0.3 is 10.3 Å². The molecule has 2 heterocycles. The maximum atomic E-state index is 5.56. The van der Waals surface area contributed by atoms with Crippen LogP contribution in [0, 0.1) is 0 Å². The van der Waals surface area contributed by atoms with E-state index in [0.29, 0.717) is 13.1 Å². The van der Waals surface area contributed by atoms with Crippen LogP contribution in [0.5, 0.6) is 0 Å². The van der Waals surface area contributed by atoms with E-state index >= 15 is 0 Å². The van der Waals surface area contributed by atoms with Crippen LogP contribution < -0.4 is 5.73 Å². The van der Waals surface area contributed by atoms with E-state index in [1.165, 1.54) is 0 Å². The Morgan fingerprint density at radius 1 is 1.33 bits per heavy atom. The molecule has 78 valence electrons. The van der Waals surface area contributed by atoms with Gasteiger partial charge in [-0.15, -0.1) is 0 Å². The van der Waals surface area contributed by atoms with Crippen LogP contribution in [0.4, 0.5) is 0 Å². The van der Waals surface area contributed by atoms with Crippen molar-refractivity contribution in [2.45, 2.75) is 13.1 Å². The SMILES string of the molecule is NCc1nccn1Cc1ccc(Br)cn1. The average molecular weight is 267 g/mol. The van der Waals surface area contributed by atoms with E-state index in [9.17, 15) is 0 Å². The summed E-state index contributed by atoms with van der Waals surface area (Å²) in [6, 6.07) is 3.95. The smallest absolute Gasteiger partial charge is 0.122 e. The van der Waals surface area contributed by atoms with Gasteiger partial charge in [-0.2, -0.15) is 0 Å². The zero-order chi connectivity index (χ0) is 10.7. The quantitative estimate of drug-likeness (QED) is 0.917. The van der Waals surface area contributed by atoms with E-state index in [4.69, 9.17) is 5.73 Å². The Balaban J connectivity index is 2.18. The van der Waals surface area contributed by atoms with E-state index < -0.39 is 0 Å². The monoisotopic (exact) mass is 266 g/mol. The van der Waals surface area contributed by atoms with Crippen molar-refractivity contribution in [1.82, 2.24) is 14.5 Å². The third kappa shape index (κ3) is 2.43. The summed E-state index contributed by atoms with van der Waals surface area (Å²) in [6.45, 7) is 1.16. The molecule has 15 heavy (non-hydrogen) atoms. The van der Waals surface area contributed by atoms with Crippen molar-refractivity contribution in [3.8, 4) is 0 Å². The molecule has 2 N–H and O–H groups in total. The summed E-state index contributed by atoms with van der Waals surface area (Å²) in [5.41, 5.74) is 6.55. The minimum absolute atomic E-state index is 0.448. The first-order chi connectivity index (χ1) is 7.29. The van der Waals surface area contributed by atoms with Crippen LogP contribution in [-0.4, -0.2) is 14.5 Å². The minimum atomic E-state index is 0.448. The number of nitrogens with zero attached hydrogens (tertiary/aromatic N) is 3. The molecule has 0 aliphatic carbocycles. The fraction of sp³-hybridized carbons (Fsp3) is 0.200. The molecule has 2 rings (SSSR count). The molecular formula is C10H11BrN4. The van der Waals surface area contributed by atoms with E-state index in [2.05, 4.69) is 25.9 Å². The Kier molecular flexibility index (Phi) is 3.13. The molecular weight excluding hydrogens is 256 g/mol. The zero-order valence-corrected chi connectivity index (χ0v) is 9.68. The Morgan fingerprint density at radius 2 is 2.20 bits per heavy atom. The molecule has 4 nitrogen and oxygen atoms in total. The van der Waals surface area contributed by atoms with Gasteiger partial charge in [0.15, 0.2) is 0 Å². The third-order valence-corrected chi connectivity index (χ3v) is 2.57. The summed E-state index contributed by atoms with van der Waals surface area (Å²) < 4.78 is 2.98. The molecule has 5 heteroatoms. The largest absolute Gasteiger partial charge is 0.328 e. The topological polar surface area (TPSA) is 56.7 Å². The van der Waals surface area contributed by atoms with Gasteiger partial charge in [0, 0.05) is 23.1 Å². The summed E-state index contributed by atoms with van der Waals surface area (Å²) in [6.07, 6.45) is 5.45. The molecule has 2 aromatic rings. The van der Waals surface area contributed by atoms with Gasteiger partial charge in [0.2, 0.25) is 0 Å². The summed E-state index contributed by atoms with van der Waals surface area (Å²) >= 11 is 3.35. The second-order valence-corrected chi connectivity index (χ2v) is 4.06. The molecule has 0 saturated carbocycles. The molecule has 0 aliphatic heterocycles. The molecule has 2 aromatic heterocycles. The van der Waals surface area contributed by atoms with Gasteiger partial charge in [-0.25, -0.2) is 4.98 Å². The number of nitrogens with two attached hydrogens (primary N) is 1. The number of rotatable bonds is 3. The highest BCUT2D eigenvalue weighted by molar-refractivity contribution is 9.10. The van der Waals surface area contributed by atoms with Crippen LogP contribution in [0.3, 0.4) is 0 Å². The van der Waals surface area contributed by atoms with E-state index in [-0.39, 0.29) is 0 Å². The third-order valence-electron chi connectivity index (χ3n) is 2.11. The molecule has 0 unspecified atom stereocenters. The van der Waals surface area contributed by atoms with Gasteiger partial charge >= 0.3 is 0 Å². The lowest BCUT2D eigenvalue weighted by atomic mass is 10.3. The number of hydrogen-bond acceptors (Lipinski definition) is 3. The molecule has 0 atom stereocenters. The van der Waals surface area contributed by atoms with E-state index in [1.54, 1.807) is 12.4 Å². The summed E-state index contributed by atoms with van der Waals surface area (Å²) in [7, 11) is 0. The predicted octanol–water partition coefficient (Wildman–Crippen LogP) is 1.55. The lowest BCUT2D eigenvalue weighted by molar-refractivity contribution is 0.709. The average Bonchev–Trinajstić information content (AvgIpc) is 2.69. The van der Waals surface area contributed by atoms with Crippen molar-refractivity contribution < 1.29 is 0 Å². The lowest BCUT2D eigenvalue weighted by Crippen LogP contribution is -2.09. The molecule has 0 saturated heterocycles. The molecule has 0 amide bonds. The van der Waals surface area contributed by atoms with E-state index in [1.807, 2.05) is 22.9 Å². The van der Waals surface area contributed by atoms with Crippen molar-refractivity contribution in [1.29, 1.82) is 0 Å². The molecule has 0 aromatic carbocycles. The van der Waals surface area contributed by atoms with Crippen molar-refractivity contribution in [2.75, 3.05) is 0 Å². The number of imidazole rings is 1. The second kappa shape index (κ2) is 4.55. The molecule has 0 aliphatic rings. The zero-order valence-electron chi connectivity index (χ0n) is 8.10. The molecule has 0 spiro atoms. The van der Waals surface area contributed by atoms with Gasteiger partial charge in [-0.05, 0) is 28.1 Å². The minimum Gasteiger partial charge on any atom is -0.328 e. The highest BCUT2D eigenvalue weighted by Crippen LogP contribution is 2.09. The standard InChI is InChI=1S/C10H11BrN4/c11-8-1-2-9(14-6-8)7-15-4-3-13-10(15)5-12/h1-4,6H,5,7,12H2. The van der Waals surface area contributed by atoms with Crippen molar-refractivity contribution in [3.63, 3.8) is 0 Å². The summed E-state index contributed by atoms with van der Waals surface area (Å²) in [5.74, 6) is 0.875. The summed E-state index contributed by atoms with van der Waals surface area (Å²) in [5, 5.41) is 0. The van der Waals surface area contributed by atoms with Crippen LogP contribution in [0.1, 0.15) is 11.5 Å². The Morgan fingerprint density at radius 3 is 2.87 bits per heavy atom. The normalized spacial score (nSPS) is 10.5. The first kappa shape index (κ1) is 10.3. The highest BCUT2D eigenvalue weighted by Gasteiger charge is 2.01. The maximum absolute atomic E-state index is 5.56. The van der Waals surface area contributed by atoms with Crippen LogP contribution in [-0.2, 0) is 13.1 Å². The van der Waals surface area contributed by atoms with Gasteiger partial charge in [0.25, 0.3) is 0 Å². The van der Waals surface area contributed by atoms with Crippen LogP contribution in [0.25, 0.3) is 0 Å². The molecule has 0 bridgehead atoms. The first-order valence-electron chi connectivity index (χ1n) is 4.60. The Labute approximate surface area is 96.3 Å². The van der Waals surface area contributed by atoms with Crippen LogP contribution in [0.2, 0.25) is 0 Å². The second-order valence-electron chi connectivity index (χ2n) is 3.14. The number of pyridine rings is 1.